The van der Waals surface area contributed by atoms with E-state index in [4.69, 9.17) is 4.74 Å². The van der Waals surface area contributed by atoms with Crippen molar-refractivity contribution in [1.82, 2.24) is 24.8 Å². The monoisotopic (exact) mass is 486 g/mol. The molecule has 0 radical (unpaired) electrons. The van der Waals surface area contributed by atoms with Crippen LogP contribution in [0.15, 0.2) is 18.2 Å². The Morgan fingerprint density at radius 3 is 2.63 bits per heavy atom. The lowest BCUT2D eigenvalue weighted by Gasteiger charge is -2.23. The van der Waals surface area contributed by atoms with E-state index in [9.17, 15) is 9.18 Å². The van der Waals surface area contributed by atoms with E-state index in [1.165, 1.54) is 19.6 Å². The van der Waals surface area contributed by atoms with E-state index in [1.807, 2.05) is 4.90 Å². The molecule has 1 unspecified atom stereocenters. The van der Waals surface area contributed by atoms with Crippen LogP contribution in [0, 0.1) is 5.82 Å². The summed E-state index contributed by atoms with van der Waals surface area (Å²) in [5.74, 6) is 1.11. The number of aromatic nitrogens is 3. The standard InChI is InChI=1S/C24H35FN8O2/c1-3-32-12-4-7-18(32)16-27-23-29-22(26-11-6-14-33-13-5-8-21(33)34)30-24(31-23)28-17-9-10-20(35-2)19(25)15-17/h9-10,15,18H,3-8,11-14,16H2,1-2H3,(H3,26,27,28,29,30,31). The summed E-state index contributed by atoms with van der Waals surface area (Å²) in [7, 11) is 1.43. The molecule has 1 atom stereocenters. The van der Waals surface area contributed by atoms with Crippen molar-refractivity contribution in [2.24, 2.45) is 0 Å². The molecular formula is C24H35FN8O2. The van der Waals surface area contributed by atoms with Gasteiger partial charge >= 0.3 is 0 Å². The van der Waals surface area contributed by atoms with Gasteiger partial charge in [-0.25, -0.2) is 4.39 Å². The molecule has 4 rings (SSSR count). The third kappa shape index (κ3) is 6.68. The van der Waals surface area contributed by atoms with Crippen molar-refractivity contribution in [1.29, 1.82) is 0 Å². The summed E-state index contributed by atoms with van der Waals surface area (Å²) >= 11 is 0. The summed E-state index contributed by atoms with van der Waals surface area (Å²) in [6, 6.07) is 5.04. The maximum atomic E-state index is 14.2. The smallest absolute Gasteiger partial charge is 0.233 e. The highest BCUT2D eigenvalue weighted by Gasteiger charge is 2.23. The number of carbonyl (C=O) groups excluding carboxylic acids is 1. The first-order valence-electron chi connectivity index (χ1n) is 12.4. The average Bonchev–Trinajstić information content (AvgIpc) is 3.49. The van der Waals surface area contributed by atoms with Gasteiger partial charge in [0.05, 0.1) is 7.11 Å². The molecule has 2 fully saturated rings. The number of carbonyl (C=O) groups is 1. The summed E-state index contributed by atoms with van der Waals surface area (Å²) in [6.45, 7) is 7.22. The van der Waals surface area contributed by atoms with Crippen molar-refractivity contribution < 1.29 is 13.9 Å². The van der Waals surface area contributed by atoms with Crippen LogP contribution in [-0.4, -0.2) is 83.1 Å². The van der Waals surface area contributed by atoms with Crippen molar-refractivity contribution >= 4 is 29.4 Å². The molecule has 1 aromatic carbocycles. The number of likely N-dealkylation sites (N-methyl/N-ethyl adjacent to an activating group) is 1. The SMILES string of the molecule is CCN1CCCC1CNc1nc(NCCCN2CCCC2=O)nc(Nc2ccc(OC)c(F)c2)n1. The average molecular weight is 487 g/mol. The van der Waals surface area contributed by atoms with Crippen LogP contribution in [0.1, 0.15) is 39.0 Å². The fraction of sp³-hybridized carbons (Fsp3) is 0.583. The van der Waals surface area contributed by atoms with Crippen LogP contribution in [0.25, 0.3) is 0 Å². The normalized spacial score (nSPS) is 18.2. The predicted molar refractivity (Wildman–Crippen MR) is 134 cm³/mol. The number of hydrogen-bond acceptors (Lipinski definition) is 9. The Balaban J connectivity index is 1.43. The Labute approximate surface area is 205 Å². The van der Waals surface area contributed by atoms with Crippen LogP contribution in [0.2, 0.25) is 0 Å². The Hall–Kier alpha value is -3.21. The summed E-state index contributed by atoms with van der Waals surface area (Å²) in [5.41, 5.74) is 0.506. The van der Waals surface area contributed by atoms with E-state index in [0.717, 1.165) is 45.4 Å². The Morgan fingerprint density at radius 2 is 1.91 bits per heavy atom. The lowest BCUT2D eigenvalue weighted by molar-refractivity contribution is -0.127. The van der Waals surface area contributed by atoms with Gasteiger partial charge in [-0.15, -0.1) is 0 Å². The minimum Gasteiger partial charge on any atom is -0.494 e. The molecule has 2 saturated heterocycles. The molecule has 2 aliphatic heterocycles. The van der Waals surface area contributed by atoms with Crippen LogP contribution in [-0.2, 0) is 4.79 Å². The molecule has 10 nitrogen and oxygen atoms in total. The number of halogens is 1. The van der Waals surface area contributed by atoms with Gasteiger partial charge in [-0.2, -0.15) is 15.0 Å². The van der Waals surface area contributed by atoms with E-state index in [2.05, 4.69) is 42.7 Å². The second kappa shape index (κ2) is 12.0. The van der Waals surface area contributed by atoms with Gasteiger partial charge in [-0.1, -0.05) is 6.92 Å². The van der Waals surface area contributed by atoms with Crippen LogP contribution >= 0.6 is 0 Å². The molecule has 0 saturated carbocycles. The van der Waals surface area contributed by atoms with Gasteiger partial charge in [-0.05, 0) is 50.9 Å². The number of hydrogen-bond donors (Lipinski definition) is 3. The van der Waals surface area contributed by atoms with Gasteiger partial charge in [0.25, 0.3) is 0 Å². The number of methoxy groups -OCH3 is 1. The summed E-state index contributed by atoms with van der Waals surface area (Å²) < 4.78 is 19.2. The molecule has 1 aromatic heterocycles. The number of anilines is 4. The maximum absolute atomic E-state index is 14.2. The number of nitrogens with zero attached hydrogens (tertiary/aromatic N) is 5. The van der Waals surface area contributed by atoms with Gasteiger partial charge in [0.15, 0.2) is 11.6 Å². The molecule has 35 heavy (non-hydrogen) atoms. The Kier molecular flexibility index (Phi) is 8.51. The summed E-state index contributed by atoms with van der Waals surface area (Å²) in [5, 5.41) is 9.66. The zero-order valence-electron chi connectivity index (χ0n) is 20.5. The molecule has 1 amide bonds. The molecule has 3 heterocycles. The Bertz CT molecular complexity index is 1010. The van der Waals surface area contributed by atoms with Gasteiger partial charge in [0.2, 0.25) is 23.8 Å². The molecular weight excluding hydrogens is 451 g/mol. The quantitative estimate of drug-likeness (QED) is 0.390. The second-order valence-corrected chi connectivity index (χ2v) is 8.85. The number of likely N-dealkylation sites (tertiary alicyclic amines) is 2. The Morgan fingerprint density at radius 1 is 1.11 bits per heavy atom. The fourth-order valence-electron chi connectivity index (χ4n) is 4.63. The number of amides is 1. The number of ether oxygens (including phenoxy) is 1. The predicted octanol–water partition coefficient (Wildman–Crippen LogP) is 3.08. The van der Waals surface area contributed by atoms with E-state index >= 15 is 0 Å². The van der Waals surface area contributed by atoms with Crippen LogP contribution in [0.3, 0.4) is 0 Å². The summed E-state index contributed by atoms with van der Waals surface area (Å²) in [4.78, 5) is 29.7. The first-order chi connectivity index (χ1) is 17.1. The number of nitrogens with one attached hydrogen (secondary N) is 3. The van der Waals surface area contributed by atoms with Crippen molar-refractivity contribution in [3.63, 3.8) is 0 Å². The van der Waals surface area contributed by atoms with Crippen molar-refractivity contribution in [2.45, 2.75) is 45.1 Å². The van der Waals surface area contributed by atoms with Crippen LogP contribution in [0.5, 0.6) is 5.75 Å². The molecule has 0 spiro atoms. The molecule has 2 aliphatic rings. The van der Waals surface area contributed by atoms with Gasteiger partial charge in [0, 0.05) is 50.4 Å². The minimum absolute atomic E-state index is 0.171. The largest absolute Gasteiger partial charge is 0.494 e. The zero-order valence-corrected chi connectivity index (χ0v) is 20.5. The first-order valence-corrected chi connectivity index (χ1v) is 12.4. The highest BCUT2D eigenvalue weighted by Crippen LogP contribution is 2.23. The molecule has 190 valence electrons. The molecule has 11 heteroatoms. The second-order valence-electron chi connectivity index (χ2n) is 8.85. The molecule has 3 N–H and O–H groups in total. The van der Waals surface area contributed by atoms with Crippen molar-refractivity contribution in [3.05, 3.63) is 24.0 Å². The minimum atomic E-state index is -0.472. The topological polar surface area (TPSA) is 108 Å². The first kappa shape index (κ1) is 24.9. The highest BCUT2D eigenvalue weighted by molar-refractivity contribution is 5.78. The van der Waals surface area contributed by atoms with Crippen molar-refractivity contribution in [3.8, 4) is 5.75 Å². The van der Waals surface area contributed by atoms with E-state index in [1.54, 1.807) is 12.1 Å². The van der Waals surface area contributed by atoms with Gasteiger partial charge in [0.1, 0.15) is 0 Å². The fourth-order valence-corrected chi connectivity index (χ4v) is 4.63. The highest BCUT2D eigenvalue weighted by atomic mass is 19.1. The van der Waals surface area contributed by atoms with Crippen LogP contribution in [0.4, 0.5) is 27.9 Å². The van der Waals surface area contributed by atoms with E-state index in [-0.39, 0.29) is 11.7 Å². The maximum Gasteiger partial charge on any atom is 0.233 e. The molecule has 0 bridgehead atoms. The lowest BCUT2D eigenvalue weighted by atomic mass is 10.2. The zero-order chi connectivity index (χ0) is 24.6. The lowest BCUT2D eigenvalue weighted by Crippen LogP contribution is -2.35. The summed E-state index contributed by atoms with van der Waals surface area (Å²) in [6.07, 6.45) is 4.71. The van der Waals surface area contributed by atoms with Crippen molar-refractivity contribution in [2.75, 3.05) is 62.3 Å². The third-order valence-corrected chi connectivity index (χ3v) is 6.50. The van der Waals surface area contributed by atoms with E-state index in [0.29, 0.717) is 49.1 Å². The van der Waals surface area contributed by atoms with Gasteiger partial charge in [-0.3, -0.25) is 9.69 Å². The molecule has 2 aromatic rings. The van der Waals surface area contributed by atoms with Crippen LogP contribution < -0.4 is 20.7 Å². The molecule has 0 aliphatic carbocycles. The number of rotatable bonds is 12. The van der Waals surface area contributed by atoms with E-state index < -0.39 is 5.82 Å². The third-order valence-electron chi connectivity index (χ3n) is 6.50. The van der Waals surface area contributed by atoms with Gasteiger partial charge < -0.3 is 25.6 Å². The number of benzene rings is 1.